The summed E-state index contributed by atoms with van der Waals surface area (Å²) in [7, 11) is 0. The van der Waals surface area contributed by atoms with Gasteiger partial charge < -0.3 is 10.6 Å². The summed E-state index contributed by atoms with van der Waals surface area (Å²) in [5.41, 5.74) is 0.471. The van der Waals surface area contributed by atoms with Crippen LogP contribution < -0.4 is 10.6 Å². The number of carbonyl (C=O) groups excluding carboxylic acids is 1. The standard InChI is InChI=1S/C14H23N3O/c1-4-7-11(3)16-14(18)12-8-6-9-13(17-12)15-10-5-2/h6,8-9,11H,4-5,7,10H2,1-3H3,(H,15,17)(H,16,18). The molecule has 0 saturated heterocycles. The second-order valence-electron chi connectivity index (χ2n) is 4.50. The number of amides is 1. The maximum absolute atomic E-state index is 12.0. The van der Waals surface area contributed by atoms with Crippen LogP contribution in [-0.2, 0) is 0 Å². The monoisotopic (exact) mass is 249 g/mol. The minimum Gasteiger partial charge on any atom is -0.370 e. The predicted octanol–water partition coefficient (Wildman–Crippen LogP) is 2.82. The van der Waals surface area contributed by atoms with Gasteiger partial charge >= 0.3 is 0 Å². The molecule has 0 aliphatic heterocycles. The van der Waals surface area contributed by atoms with Crippen LogP contribution in [0, 0.1) is 0 Å². The van der Waals surface area contributed by atoms with E-state index < -0.39 is 0 Å². The zero-order chi connectivity index (χ0) is 13.4. The van der Waals surface area contributed by atoms with Crippen LogP contribution in [0.2, 0.25) is 0 Å². The SMILES string of the molecule is CCCNc1cccc(C(=O)NC(C)CCC)n1. The van der Waals surface area contributed by atoms with Crippen molar-refractivity contribution < 1.29 is 4.79 Å². The zero-order valence-corrected chi connectivity index (χ0v) is 11.5. The summed E-state index contributed by atoms with van der Waals surface area (Å²) in [4.78, 5) is 16.3. The van der Waals surface area contributed by atoms with E-state index in [1.54, 1.807) is 6.07 Å². The highest BCUT2D eigenvalue weighted by Crippen LogP contribution is 2.06. The smallest absolute Gasteiger partial charge is 0.270 e. The van der Waals surface area contributed by atoms with Crippen molar-refractivity contribution in [2.24, 2.45) is 0 Å². The van der Waals surface area contributed by atoms with E-state index in [-0.39, 0.29) is 11.9 Å². The van der Waals surface area contributed by atoms with Crippen LogP contribution in [-0.4, -0.2) is 23.5 Å². The van der Waals surface area contributed by atoms with Gasteiger partial charge in [-0.05, 0) is 31.9 Å². The molecule has 0 saturated carbocycles. The molecule has 0 spiro atoms. The number of nitrogens with zero attached hydrogens (tertiary/aromatic N) is 1. The first-order valence-electron chi connectivity index (χ1n) is 6.69. The zero-order valence-electron chi connectivity index (χ0n) is 11.5. The Bertz CT molecular complexity index is 379. The largest absolute Gasteiger partial charge is 0.370 e. The Morgan fingerprint density at radius 2 is 2.11 bits per heavy atom. The molecule has 4 heteroatoms. The molecule has 100 valence electrons. The van der Waals surface area contributed by atoms with E-state index in [1.165, 1.54) is 0 Å². The van der Waals surface area contributed by atoms with E-state index in [9.17, 15) is 4.79 Å². The summed E-state index contributed by atoms with van der Waals surface area (Å²) in [6.07, 6.45) is 3.08. The Labute approximate surface area is 109 Å². The Morgan fingerprint density at radius 3 is 2.78 bits per heavy atom. The maximum atomic E-state index is 12.0. The lowest BCUT2D eigenvalue weighted by atomic mass is 10.2. The molecule has 18 heavy (non-hydrogen) atoms. The van der Waals surface area contributed by atoms with Gasteiger partial charge in [0.2, 0.25) is 0 Å². The van der Waals surface area contributed by atoms with Crippen LogP contribution in [0.15, 0.2) is 18.2 Å². The van der Waals surface area contributed by atoms with Crippen molar-refractivity contribution in [1.29, 1.82) is 0 Å². The van der Waals surface area contributed by atoms with Gasteiger partial charge in [0.25, 0.3) is 5.91 Å². The van der Waals surface area contributed by atoms with Gasteiger partial charge in [-0.1, -0.05) is 26.3 Å². The van der Waals surface area contributed by atoms with Gasteiger partial charge in [-0.15, -0.1) is 0 Å². The first kappa shape index (κ1) is 14.5. The number of nitrogens with one attached hydrogen (secondary N) is 2. The molecule has 0 aliphatic carbocycles. The minimum absolute atomic E-state index is 0.101. The van der Waals surface area contributed by atoms with Crippen LogP contribution in [0.1, 0.15) is 50.5 Å². The van der Waals surface area contributed by atoms with Gasteiger partial charge in [-0.3, -0.25) is 4.79 Å². The minimum atomic E-state index is -0.101. The molecule has 4 nitrogen and oxygen atoms in total. The van der Waals surface area contributed by atoms with E-state index in [1.807, 2.05) is 19.1 Å². The van der Waals surface area contributed by atoms with Gasteiger partial charge in [0, 0.05) is 12.6 Å². The van der Waals surface area contributed by atoms with Gasteiger partial charge in [-0.25, -0.2) is 4.98 Å². The number of anilines is 1. The lowest BCUT2D eigenvalue weighted by molar-refractivity contribution is 0.0933. The van der Waals surface area contributed by atoms with E-state index in [4.69, 9.17) is 0 Å². The topological polar surface area (TPSA) is 54.0 Å². The Hall–Kier alpha value is -1.58. The predicted molar refractivity (Wildman–Crippen MR) is 74.9 cm³/mol. The number of hydrogen-bond donors (Lipinski definition) is 2. The quantitative estimate of drug-likeness (QED) is 0.781. The van der Waals surface area contributed by atoms with Crippen molar-refractivity contribution in [3.05, 3.63) is 23.9 Å². The van der Waals surface area contributed by atoms with Crippen molar-refractivity contribution in [2.75, 3.05) is 11.9 Å². The maximum Gasteiger partial charge on any atom is 0.270 e. The lowest BCUT2D eigenvalue weighted by Crippen LogP contribution is -2.33. The van der Waals surface area contributed by atoms with Crippen molar-refractivity contribution in [1.82, 2.24) is 10.3 Å². The van der Waals surface area contributed by atoms with Crippen LogP contribution in [0.3, 0.4) is 0 Å². The fourth-order valence-electron chi connectivity index (χ4n) is 1.72. The molecule has 1 amide bonds. The number of rotatable bonds is 7. The summed E-state index contributed by atoms with van der Waals surface area (Å²) >= 11 is 0. The van der Waals surface area contributed by atoms with E-state index >= 15 is 0 Å². The number of aromatic nitrogens is 1. The third-order valence-corrected chi connectivity index (χ3v) is 2.64. The summed E-state index contributed by atoms with van der Waals surface area (Å²) in [5, 5.41) is 6.13. The molecule has 1 atom stereocenters. The second kappa shape index (κ2) is 7.69. The molecule has 1 aromatic heterocycles. The third kappa shape index (κ3) is 4.73. The summed E-state index contributed by atoms with van der Waals surface area (Å²) < 4.78 is 0. The molecule has 1 unspecified atom stereocenters. The van der Waals surface area contributed by atoms with Crippen LogP contribution in [0.25, 0.3) is 0 Å². The molecule has 0 fully saturated rings. The molecular weight excluding hydrogens is 226 g/mol. The third-order valence-electron chi connectivity index (χ3n) is 2.64. The van der Waals surface area contributed by atoms with Crippen molar-refractivity contribution in [3.8, 4) is 0 Å². The molecule has 0 aromatic carbocycles. The molecule has 1 heterocycles. The second-order valence-corrected chi connectivity index (χ2v) is 4.50. The number of hydrogen-bond acceptors (Lipinski definition) is 3. The van der Waals surface area contributed by atoms with Crippen LogP contribution in [0.5, 0.6) is 0 Å². The lowest BCUT2D eigenvalue weighted by Gasteiger charge is -2.12. The summed E-state index contributed by atoms with van der Waals surface area (Å²) in [6.45, 7) is 7.08. The summed E-state index contributed by atoms with van der Waals surface area (Å²) in [5.74, 6) is 0.656. The average molecular weight is 249 g/mol. The van der Waals surface area contributed by atoms with Gasteiger partial charge in [0.05, 0.1) is 0 Å². The highest BCUT2D eigenvalue weighted by Gasteiger charge is 2.10. The van der Waals surface area contributed by atoms with Crippen LogP contribution >= 0.6 is 0 Å². The van der Waals surface area contributed by atoms with Crippen LogP contribution in [0.4, 0.5) is 5.82 Å². The molecular formula is C14H23N3O. The van der Waals surface area contributed by atoms with Crippen molar-refractivity contribution in [3.63, 3.8) is 0 Å². The van der Waals surface area contributed by atoms with Gasteiger partial charge in [0.15, 0.2) is 0 Å². The van der Waals surface area contributed by atoms with Crippen molar-refractivity contribution >= 4 is 11.7 Å². The van der Waals surface area contributed by atoms with E-state index in [0.717, 1.165) is 31.6 Å². The molecule has 1 rings (SSSR count). The fourth-order valence-corrected chi connectivity index (χ4v) is 1.72. The first-order valence-corrected chi connectivity index (χ1v) is 6.69. The number of pyridine rings is 1. The average Bonchev–Trinajstić information content (AvgIpc) is 2.37. The van der Waals surface area contributed by atoms with Crippen molar-refractivity contribution in [2.45, 2.75) is 46.1 Å². The Balaban J connectivity index is 2.62. The Kier molecular flexibility index (Phi) is 6.19. The fraction of sp³-hybridized carbons (Fsp3) is 0.571. The molecule has 0 radical (unpaired) electrons. The molecule has 0 aliphatic rings. The van der Waals surface area contributed by atoms with E-state index in [0.29, 0.717) is 5.69 Å². The highest BCUT2D eigenvalue weighted by molar-refractivity contribution is 5.92. The number of carbonyl (C=O) groups is 1. The normalized spacial score (nSPS) is 11.9. The molecule has 0 bridgehead atoms. The van der Waals surface area contributed by atoms with Gasteiger partial charge in [-0.2, -0.15) is 0 Å². The first-order chi connectivity index (χ1) is 8.67. The van der Waals surface area contributed by atoms with E-state index in [2.05, 4.69) is 29.5 Å². The summed E-state index contributed by atoms with van der Waals surface area (Å²) in [6, 6.07) is 5.66. The highest BCUT2D eigenvalue weighted by atomic mass is 16.1. The Morgan fingerprint density at radius 1 is 1.33 bits per heavy atom. The molecule has 2 N–H and O–H groups in total. The van der Waals surface area contributed by atoms with Gasteiger partial charge in [0.1, 0.15) is 11.5 Å². The molecule has 1 aromatic rings.